The Morgan fingerprint density at radius 3 is 1.71 bits per heavy atom. The molecule has 0 aromatic heterocycles. The summed E-state index contributed by atoms with van der Waals surface area (Å²) in [5.74, 6) is 2.29. The van der Waals surface area contributed by atoms with Crippen molar-refractivity contribution < 1.29 is 0 Å². The fourth-order valence-electron chi connectivity index (χ4n) is 1.34. The van der Waals surface area contributed by atoms with Gasteiger partial charge in [0.25, 0.3) is 0 Å². The molecule has 17 heavy (non-hydrogen) atoms. The van der Waals surface area contributed by atoms with Crippen LogP contribution < -0.4 is 10.6 Å². The summed E-state index contributed by atoms with van der Waals surface area (Å²) in [7, 11) is 0. The highest BCUT2D eigenvalue weighted by Gasteiger charge is 2.06. The Hall–Kier alpha value is 0.600. The van der Waals surface area contributed by atoms with Crippen LogP contribution in [0.4, 0.5) is 0 Å². The Labute approximate surface area is 132 Å². The molecule has 2 rings (SSSR count). The van der Waals surface area contributed by atoms with E-state index in [4.69, 9.17) is 0 Å². The highest BCUT2D eigenvalue weighted by atomic mass is 79.9. The van der Waals surface area contributed by atoms with Crippen LogP contribution in [0, 0.1) is 0 Å². The van der Waals surface area contributed by atoms with Gasteiger partial charge in [-0.3, -0.25) is 9.98 Å². The van der Waals surface area contributed by atoms with Crippen molar-refractivity contribution in [2.24, 2.45) is 9.98 Å². The van der Waals surface area contributed by atoms with Crippen molar-refractivity contribution in [2.45, 2.75) is 6.42 Å². The molecule has 8 heteroatoms. The molecule has 4 nitrogen and oxygen atoms in total. The minimum Gasteiger partial charge on any atom is -0.363 e. The van der Waals surface area contributed by atoms with Crippen LogP contribution in [0.15, 0.2) is 9.98 Å². The Morgan fingerprint density at radius 2 is 1.35 bits per heavy atom. The predicted octanol–water partition coefficient (Wildman–Crippen LogP) is 1.92. The molecule has 0 unspecified atom stereocenters. The first-order valence-electron chi connectivity index (χ1n) is 5.27. The van der Waals surface area contributed by atoms with Crippen molar-refractivity contribution >= 4 is 67.8 Å². The summed E-state index contributed by atoms with van der Waals surface area (Å²) in [5, 5.41) is 8.76. The van der Waals surface area contributed by atoms with Gasteiger partial charge >= 0.3 is 0 Å². The number of thioether (sulfide) groups is 2. The summed E-state index contributed by atoms with van der Waals surface area (Å²) in [5.41, 5.74) is 0. The molecule has 0 saturated heterocycles. The van der Waals surface area contributed by atoms with E-state index in [1.807, 2.05) is 23.5 Å². The third-order valence-electron chi connectivity index (χ3n) is 2.05. The normalized spacial score (nSPS) is 17.2. The Morgan fingerprint density at radius 1 is 0.882 bits per heavy atom. The van der Waals surface area contributed by atoms with E-state index in [1.54, 1.807) is 0 Å². The molecule has 0 bridgehead atoms. The van der Waals surface area contributed by atoms with E-state index in [1.165, 1.54) is 6.42 Å². The minimum absolute atomic E-state index is 0. The lowest BCUT2D eigenvalue weighted by Gasteiger charge is -2.02. The lowest BCUT2D eigenvalue weighted by atomic mass is 10.6. The second-order valence-corrected chi connectivity index (χ2v) is 5.45. The standard InChI is InChI=1S/C9H16N4S2.2BrH/c1(6-14-8-10-2-3-11-8)7-15-9-12-4-5-13-9;;/h1-7H2,(H,10,11)(H,12,13);2*1H. The first-order valence-corrected chi connectivity index (χ1v) is 7.24. The Bertz CT molecular complexity index is 248. The maximum atomic E-state index is 4.34. The molecule has 2 aliphatic heterocycles. The molecule has 0 aliphatic carbocycles. The minimum atomic E-state index is 0. The molecule has 0 aromatic rings. The van der Waals surface area contributed by atoms with E-state index in [9.17, 15) is 0 Å². The van der Waals surface area contributed by atoms with Gasteiger partial charge in [-0.1, -0.05) is 23.5 Å². The first kappa shape index (κ1) is 17.6. The zero-order valence-electron chi connectivity index (χ0n) is 9.48. The molecule has 0 radical (unpaired) electrons. The van der Waals surface area contributed by atoms with E-state index in [0.29, 0.717) is 0 Å². The van der Waals surface area contributed by atoms with Crippen molar-refractivity contribution in [1.29, 1.82) is 0 Å². The van der Waals surface area contributed by atoms with Crippen molar-refractivity contribution in [1.82, 2.24) is 10.6 Å². The number of nitrogens with one attached hydrogen (secondary N) is 2. The second kappa shape index (κ2) is 10.5. The van der Waals surface area contributed by atoms with Crippen LogP contribution >= 0.6 is 57.5 Å². The van der Waals surface area contributed by atoms with Crippen molar-refractivity contribution in [2.75, 3.05) is 37.7 Å². The van der Waals surface area contributed by atoms with Gasteiger partial charge in [-0.05, 0) is 6.42 Å². The molecule has 0 fully saturated rings. The van der Waals surface area contributed by atoms with Crippen LogP contribution in [-0.2, 0) is 0 Å². The molecule has 0 amide bonds. The van der Waals surface area contributed by atoms with Crippen LogP contribution in [0.1, 0.15) is 6.42 Å². The molecule has 0 saturated carbocycles. The van der Waals surface area contributed by atoms with Crippen LogP contribution in [0.3, 0.4) is 0 Å². The van der Waals surface area contributed by atoms with Gasteiger partial charge in [0.2, 0.25) is 0 Å². The van der Waals surface area contributed by atoms with E-state index < -0.39 is 0 Å². The van der Waals surface area contributed by atoms with Gasteiger partial charge in [0.05, 0.1) is 13.1 Å². The van der Waals surface area contributed by atoms with Gasteiger partial charge in [0.1, 0.15) is 0 Å². The summed E-state index contributed by atoms with van der Waals surface area (Å²) < 4.78 is 0. The van der Waals surface area contributed by atoms with Gasteiger partial charge in [0, 0.05) is 24.6 Å². The van der Waals surface area contributed by atoms with E-state index in [-0.39, 0.29) is 34.0 Å². The van der Waals surface area contributed by atoms with Crippen LogP contribution in [-0.4, -0.2) is 48.0 Å². The summed E-state index contributed by atoms with van der Waals surface area (Å²) in [6.07, 6.45) is 1.21. The second-order valence-electron chi connectivity index (χ2n) is 3.28. The lowest BCUT2D eigenvalue weighted by Crippen LogP contribution is -2.16. The SMILES string of the molecule is Br.Br.C(CSC1=NCCN1)CSC1=NCCN1. The molecule has 100 valence electrons. The van der Waals surface area contributed by atoms with E-state index in [0.717, 1.165) is 48.0 Å². The zero-order valence-corrected chi connectivity index (χ0v) is 14.5. The number of nitrogens with zero attached hydrogens (tertiary/aromatic N) is 2. The average molecular weight is 406 g/mol. The zero-order chi connectivity index (χ0) is 10.3. The van der Waals surface area contributed by atoms with Crippen molar-refractivity contribution in [3.05, 3.63) is 0 Å². The topological polar surface area (TPSA) is 48.8 Å². The summed E-state index contributed by atoms with van der Waals surface area (Å²) in [4.78, 5) is 8.67. The Kier molecular flexibility index (Phi) is 10.9. The number of rotatable bonds is 4. The average Bonchev–Trinajstić information content (AvgIpc) is 2.88. The highest BCUT2D eigenvalue weighted by Crippen LogP contribution is 2.11. The fourth-order valence-corrected chi connectivity index (χ4v) is 3.26. The molecule has 0 atom stereocenters. The van der Waals surface area contributed by atoms with Crippen molar-refractivity contribution in [3.8, 4) is 0 Å². The fraction of sp³-hybridized carbons (Fsp3) is 0.778. The van der Waals surface area contributed by atoms with Gasteiger partial charge < -0.3 is 10.6 Å². The lowest BCUT2D eigenvalue weighted by molar-refractivity contribution is 0.963. The van der Waals surface area contributed by atoms with Gasteiger partial charge in [-0.25, -0.2) is 0 Å². The number of hydrogen-bond donors (Lipinski definition) is 2. The smallest absolute Gasteiger partial charge is 0.156 e. The number of halogens is 2. The number of hydrogen-bond acceptors (Lipinski definition) is 6. The molecule has 2 heterocycles. The molecule has 2 N–H and O–H groups in total. The van der Waals surface area contributed by atoms with E-state index >= 15 is 0 Å². The van der Waals surface area contributed by atoms with Gasteiger partial charge in [0.15, 0.2) is 10.3 Å². The maximum Gasteiger partial charge on any atom is 0.156 e. The molecule has 0 aromatic carbocycles. The van der Waals surface area contributed by atoms with Gasteiger partial charge in [-0.2, -0.15) is 0 Å². The van der Waals surface area contributed by atoms with Crippen LogP contribution in [0.2, 0.25) is 0 Å². The highest BCUT2D eigenvalue weighted by molar-refractivity contribution is 8.93. The third kappa shape index (κ3) is 6.93. The van der Waals surface area contributed by atoms with E-state index in [2.05, 4.69) is 20.6 Å². The molecule has 2 aliphatic rings. The largest absolute Gasteiger partial charge is 0.363 e. The summed E-state index contributed by atoms with van der Waals surface area (Å²) in [6, 6.07) is 0. The Balaban J connectivity index is 0.00000128. The quantitative estimate of drug-likeness (QED) is 0.701. The van der Waals surface area contributed by atoms with Crippen LogP contribution in [0.25, 0.3) is 0 Å². The third-order valence-corrected chi connectivity index (χ3v) is 4.13. The summed E-state index contributed by atoms with van der Waals surface area (Å²) in [6.45, 7) is 3.91. The monoisotopic (exact) mass is 404 g/mol. The molecular formula is C9H18Br2N4S2. The van der Waals surface area contributed by atoms with Crippen molar-refractivity contribution in [3.63, 3.8) is 0 Å². The first-order chi connectivity index (χ1) is 7.45. The maximum absolute atomic E-state index is 4.34. The van der Waals surface area contributed by atoms with Gasteiger partial charge in [-0.15, -0.1) is 34.0 Å². The molecule has 0 spiro atoms. The molecular weight excluding hydrogens is 388 g/mol. The van der Waals surface area contributed by atoms with Crippen LogP contribution in [0.5, 0.6) is 0 Å². The summed E-state index contributed by atoms with van der Waals surface area (Å²) >= 11 is 3.66. The predicted molar refractivity (Wildman–Crippen MR) is 90.8 cm³/mol. The number of amidine groups is 2. The number of aliphatic imine (C=N–C) groups is 2.